The molecular weight excluding hydrogens is 210 g/mol. The molecule has 0 aliphatic heterocycles. The molecule has 1 heterocycles. The van der Waals surface area contributed by atoms with Gasteiger partial charge in [0.2, 0.25) is 0 Å². The molecule has 0 amide bonds. The molecule has 0 aliphatic carbocycles. The molecule has 16 heavy (non-hydrogen) atoms. The Morgan fingerprint density at radius 3 is 2.62 bits per heavy atom. The summed E-state index contributed by atoms with van der Waals surface area (Å²) in [6.45, 7) is 0. The molecule has 0 bridgehead atoms. The summed E-state index contributed by atoms with van der Waals surface area (Å²) in [6.07, 6.45) is 0.244. The highest BCUT2D eigenvalue weighted by atomic mass is 16.5. The van der Waals surface area contributed by atoms with Gasteiger partial charge in [-0.1, -0.05) is 30.3 Å². The molecule has 0 saturated heterocycles. The van der Waals surface area contributed by atoms with Gasteiger partial charge in [-0.15, -0.1) is 0 Å². The van der Waals surface area contributed by atoms with Gasteiger partial charge in [-0.25, -0.2) is 14.7 Å². The van der Waals surface area contributed by atoms with Gasteiger partial charge < -0.3 is 9.63 Å². The Balaban J connectivity index is 2.38. The fourth-order valence-electron chi connectivity index (χ4n) is 1.46. The van der Waals surface area contributed by atoms with Crippen molar-refractivity contribution in [3.05, 3.63) is 57.6 Å². The minimum Gasteiger partial charge on any atom is -0.476 e. The average molecular weight is 219 g/mol. The van der Waals surface area contributed by atoms with Crippen LogP contribution in [-0.4, -0.2) is 16.2 Å². The highest BCUT2D eigenvalue weighted by molar-refractivity contribution is 5.86. The third-order valence-corrected chi connectivity index (χ3v) is 2.23. The maximum absolute atomic E-state index is 11.3. The van der Waals surface area contributed by atoms with Crippen LogP contribution in [0.15, 0.2) is 39.6 Å². The molecule has 2 aromatic rings. The first-order chi connectivity index (χ1) is 7.68. The molecule has 2 rings (SSSR count). The van der Waals surface area contributed by atoms with Gasteiger partial charge in [-0.2, -0.15) is 0 Å². The molecule has 2 N–H and O–H groups in total. The molecule has 0 atom stereocenters. The van der Waals surface area contributed by atoms with E-state index in [1.807, 2.05) is 30.3 Å². The lowest BCUT2D eigenvalue weighted by Gasteiger charge is -1.97. The van der Waals surface area contributed by atoms with Crippen molar-refractivity contribution in [3.63, 3.8) is 0 Å². The van der Waals surface area contributed by atoms with Crippen molar-refractivity contribution < 1.29 is 14.4 Å². The van der Waals surface area contributed by atoms with Crippen molar-refractivity contribution in [2.75, 3.05) is 0 Å². The molecule has 0 saturated carbocycles. The number of aromatic amines is 1. The van der Waals surface area contributed by atoms with Gasteiger partial charge >= 0.3 is 11.6 Å². The van der Waals surface area contributed by atoms with Crippen LogP contribution in [0.5, 0.6) is 0 Å². The van der Waals surface area contributed by atoms with Crippen molar-refractivity contribution in [2.45, 2.75) is 6.42 Å². The quantitative estimate of drug-likeness (QED) is 0.813. The number of carboxylic acid groups (broad SMARTS) is 1. The van der Waals surface area contributed by atoms with Crippen molar-refractivity contribution in [3.8, 4) is 0 Å². The normalized spacial score (nSPS) is 10.2. The number of rotatable bonds is 3. The number of benzene rings is 1. The predicted molar refractivity (Wildman–Crippen MR) is 55.5 cm³/mol. The van der Waals surface area contributed by atoms with Gasteiger partial charge in [-0.3, -0.25) is 0 Å². The number of hydrogen-bond donors (Lipinski definition) is 2. The average Bonchev–Trinajstić information content (AvgIpc) is 2.62. The number of hydrogen-bond acceptors (Lipinski definition) is 3. The van der Waals surface area contributed by atoms with Gasteiger partial charge in [-0.05, 0) is 5.56 Å². The standard InChI is InChI=1S/C11H9NO4/c13-10(14)9-8(11(15)16-12-9)6-7-4-2-1-3-5-7/h1-5,12H,6H2,(H,13,14). The van der Waals surface area contributed by atoms with Gasteiger partial charge in [0.05, 0.1) is 5.56 Å². The number of aromatic carboxylic acids is 1. The van der Waals surface area contributed by atoms with Crippen LogP contribution in [0.2, 0.25) is 0 Å². The second-order valence-electron chi connectivity index (χ2n) is 3.31. The largest absolute Gasteiger partial charge is 0.476 e. The maximum Gasteiger partial charge on any atom is 0.361 e. The Labute approximate surface area is 90.3 Å². The fraction of sp³-hybridized carbons (Fsp3) is 0.0909. The maximum atomic E-state index is 11.3. The van der Waals surface area contributed by atoms with E-state index in [-0.39, 0.29) is 17.7 Å². The summed E-state index contributed by atoms with van der Waals surface area (Å²) in [5.41, 5.74) is 0.172. The predicted octanol–water partition coefficient (Wildman–Crippen LogP) is 1.26. The van der Waals surface area contributed by atoms with Crippen LogP contribution in [0, 0.1) is 0 Å². The second kappa shape index (κ2) is 4.06. The van der Waals surface area contributed by atoms with Gasteiger partial charge in [0, 0.05) is 6.42 Å². The minimum atomic E-state index is -1.20. The first-order valence-electron chi connectivity index (χ1n) is 4.66. The van der Waals surface area contributed by atoms with Crippen LogP contribution in [0.1, 0.15) is 21.6 Å². The Hall–Kier alpha value is -2.30. The molecule has 82 valence electrons. The molecule has 1 aromatic heterocycles. The summed E-state index contributed by atoms with van der Waals surface area (Å²) >= 11 is 0. The summed E-state index contributed by atoms with van der Waals surface area (Å²) in [7, 11) is 0. The van der Waals surface area contributed by atoms with Crippen LogP contribution < -0.4 is 5.63 Å². The first kappa shape index (κ1) is 10.2. The molecule has 0 aliphatic rings. The summed E-state index contributed by atoms with van der Waals surface area (Å²) in [4.78, 5) is 22.1. The first-order valence-corrected chi connectivity index (χ1v) is 4.66. The summed E-state index contributed by atoms with van der Waals surface area (Å²) < 4.78 is 4.47. The summed E-state index contributed by atoms with van der Waals surface area (Å²) in [5, 5.41) is 10.9. The van der Waals surface area contributed by atoms with Crippen LogP contribution in [0.3, 0.4) is 0 Å². The Kier molecular flexibility index (Phi) is 2.59. The molecule has 1 aromatic carbocycles. The van der Waals surface area contributed by atoms with Crippen LogP contribution in [0.4, 0.5) is 0 Å². The second-order valence-corrected chi connectivity index (χ2v) is 3.31. The van der Waals surface area contributed by atoms with Crippen LogP contribution in [0.25, 0.3) is 0 Å². The lowest BCUT2D eigenvalue weighted by atomic mass is 10.1. The smallest absolute Gasteiger partial charge is 0.361 e. The molecule has 0 fully saturated rings. The number of carboxylic acids is 1. The number of nitrogens with one attached hydrogen (secondary N) is 1. The Bertz CT molecular complexity index is 553. The lowest BCUT2D eigenvalue weighted by Crippen LogP contribution is -2.08. The molecule has 0 radical (unpaired) electrons. The van der Waals surface area contributed by atoms with E-state index in [0.29, 0.717) is 0 Å². The number of H-pyrrole nitrogens is 1. The minimum absolute atomic E-state index is 0.138. The van der Waals surface area contributed by atoms with Crippen LogP contribution in [-0.2, 0) is 6.42 Å². The zero-order valence-corrected chi connectivity index (χ0v) is 8.27. The van der Waals surface area contributed by atoms with Gasteiger partial charge in [0.1, 0.15) is 0 Å². The van der Waals surface area contributed by atoms with Gasteiger partial charge in [0.25, 0.3) is 0 Å². The zero-order valence-electron chi connectivity index (χ0n) is 8.27. The van der Waals surface area contributed by atoms with E-state index in [0.717, 1.165) is 5.56 Å². The lowest BCUT2D eigenvalue weighted by molar-refractivity contribution is 0.0685. The highest BCUT2D eigenvalue weighted by Crippen LogP contribution is 2.09. The van der Waals surface area contributed by atoms with E-state index in [2.05, 4.69) is 9.68 Å². The monoisotopic (exact) mass is 219 g/mol. The van der Waals surface area contributed by atoms with E-state index in [9.17, 15) is 9.59 Å². The number of aromatic nitrogens is 1. The Morgan fingerprint density at radius 1 is 1.31 bits per heavy atom. The fourth-order valence-corrected chi connectivity index (χ4v) is 1.46. The zero-order chi connectivity index (χ0) is 11.5. The topological polar surface area (TPSA) is 83.3 Å². The van der Waals surface area contributed by atoms with E-state index < -0.39 is 11.6 Å². The summed E-state index contributed by atoms with van der Waals surface area (Å²) in [5.74, 6) is -1.20. The SMILES string of the molecule is O=C(O)c1[nH]oc(=O)c1Cc1ccccc1. The van der Waals surface area contributed by atoms with Crippen molar-refractivity contribution in [1.29, 1.82) is 0 Å². The molecule has 5 nitrogen and oxygen atoms in total. The van der Waals surface area contributed by atoms with Gasteiger partial charge in [0.15, 0.2) is 5.69 Å². The molecule has 0 spiro atoms. The molecule has 5 heteroatoms. The van der Waals surface area contributed by atoms with E-state index in [4.69, 9.17) is 5.11 Å². The van der Waals surface area contributed by atoms with E-state index in [1.165, 1.54) is 0 Å². The molecule has 0 unspecified atom stereocenters. The third-order valence-electron chi connectivity index (χ3n) is 2.23. The van der Waals surface area contributed by atoms with E-state index >= 15 is 0 Å². The third kappa shape index (κ3) is 1.88. The van der Waals surface area contributed by atoms with Crippen molar-refractivity contribution in [1.82, 2.24) is 5.16 Å². The molecular formula is C11H9NO4. The highest BCUT2D eigenvalue weighted by Gasteiger charge is 2.17. The Morgan fingerprint density at radius 2 is 2.00 bits per heavy atom. The van der Waals surface area contributed by atoms with Crippen molar-refractivity contribution >= 4 is 5.97 Å². The summed E-state index contributed by atoms with van der Waals surface area (Å²) in [6, 6.07) is 9.13. The van der Waals surface area contributed by atoms with Crippen LogP contribution >= 0.6 is 0 Å². The number of carbonyl (C=O) groups is 1. The van der Waals surface area contributed by atoms with Crippen molar-refractivity contribution in [2.24, 2.45) is 0 Å². The van der Waals surface area contributed by atoms with E-state index in [1.54, 1.807) is 0 Å².